The molecule has 7 nitrogen and oxygen atoms in total. The molecule has 33 heavy (non-hydrogen) atoms. The zero-order chi connectivity index (χ0) is 23.8. The molecule has 7 heteroatoms. The Morgan fingerprint density at radius 3 is 2.55 bits per heavy atom. The van der Waals surface area contributed by atoms with Crippen molar-refractivity contribution in [3.63, 3.8) is 0 Å². The summed E-state index contributed by atoms with van der Waals surface area (Å²) in [5.41, 5.74) is 3.62. The van der Waals surface area contributed by atoms with E-state index >= 15 is 0 Å². The molecule has 5 rings (SSSR count). The SMILES string of the molecule is CCN1CCC2(CC2)C1(CC)c1nc(N2CCOCC(C)C2)c2cnc(C)c(C)c2n1.CO. The number of ether oxygens (including phenoxy) is 1. The zero-order valence-electron chi connectivity index (χ0n) is 21.3. The van der Waals surface area contributed by atoms with E-state index in [0.717, 1.165) is 81.2 Å². The first-order valence-electron chi connectivity index (χ1n) is 12.6. The van der Waals surface area contributed by atoms with Crippen molar-refractivity contribution in [1.29, 1.82) is 0 Å². The van der Waals surface area contributed by atoms with Crippen LogP contribution >= 0.6 is 0 Å². The van der Waals surface area contributed by atoms with Gasteiger partial charge in [-0.1, -0.05) is 20.8 Å². The van der Waals surface area contributed by atoms with E-state index in [0.29, 0.717) is 11.3 Å². The summed E-state index contributed by atoms with van der Waals surface area (Å²) in [6, 6.07) is 0. The molecule has 2 unspecified atom stereocenters. The Kier molecular flexibility index (Phi) is 6.95. The maximum Gasteiger partial charge on any atom is 0.152 e. The second-order valence-corrected chi connectivity index (χ2v) is 10.1. The third-order valence-corrected chi connectivity index (χ3v) is 8.34. The maximum atomic E-state index is 7.00. The Morgan fingerprint density at radius 2 is 1.88 bits per heavy atom. The number of aliphatic hydroxyl groups excluding tert-OH is 1. The van der Waals surface area contributed by atoms with Gasteiger partial charge in [0.25, 0.3) is 0 Å². The molecular formula is C26H41N5O2. The summed E-state index contributed by atoms with van der Waals surface area (Å²) in [6.07, 6.45) is 6.93. The minimum absolute atomic E-state index is 0.0533. The van der Waals surface area contributed by atoms with Crippen molar-refractivity contribution in [3.05, 3.63) is 23.3 Å². The number of fused-ring (bicyclic) bond motifs is 1. The van der Waals surface area contributed by atoms with Gasteiger partial charge in [0.2, 0.25) is 0 Å². The Labute approximate surface area is 198 Å². The van der Waals surface area contributed by atoms with Crippen LogP contribution in [-0.2, 0) is 10.3 Å². The number of hydrogen-bond donors (Lipinski definition) is 1. The van der Waals surface area contributed by atoms with Crippen LogP contribution in [0.15, 0.2) is 6.20 Å². The van der Waals surface area contributed by atoms with E-state index < -0.39 is 0 Å². The summed E-state index contributed by atoms with van der Waals surface area (Å²) in [5.74, 6) is 2.57. The van der Waals surface area contributed by atoms with Gasteiger partial charge in [-0.05, 0) is 69.5 Å². The van der Waals surface area contributed by atoms with E-state index in [1.165, 1.54) is 24.8 Å². The van der Waals surface area contributed by atoms with Gasteiger partial charge in [0.05, 0.1) is 29.7 Å². The molecule has 2 aliphatic heterocycles. The molecule has 182 valence electrons. The fraction of sp³-hybridized carbons (Fsp3) is 0.731. The van der Waals surface area contributed by atoms with Crippen LogP contribution in [0.25, 0.3) is 10.9 Å². The number of aryl methyl sites for hydroxylation is 2. The third-order valence-electron chi connectivity index (χ3n) is 8.34. The van der Waals surface area contributed by atoms with Gasteiger partial charge in [0.1, 0.15) is 5.82 Å². The van der Waals surface area contributed by atoms with Crippen LogP contribution in [0, 0.1) is 25.2 Å². The lowest BCUT2D eigenvalue weighted by Gasteiger charge is -2.41. The molecule has 1 aliphatic carbocycles. The van der Waals surface area contributed by atoms with Crippen molar-refractivity contribution in [2.75, 3.05) is 51.4 Å². The van der Waals surface area contributed by atoms with Crippen LogP contribution < -0.4 is 4.90 Å². The van der Waals surface area contributed by atoms with E-state index in [2.05, 4.69) is 44.4 Å². The van der Waals surface area contributed by atoms with Gasteiger partial charge in [0, 0.05) is 32.1 Å². The highest BCUT2D eigenvalue weighted by Crippen LogP contribution is 2.67. The van der Waals surface area contributed by atoms with Crippen molar-refractivity contribution in [1.82, 2.24) is 19.9 Å². The van der Waals surface area contributed by atoms with E-state index in [1.807, 2.05) is 6.20 Å². The second-order valence-electron chi connectivity index (χ2n) is 10.1. The topological polar surface area (TPSA) is 74.6 Å². The molecule has 3 aliphatic rings. The largest absolute Gasteiger partial charge is 0.400 e. The molecule has 2 saturated heterocycles. The molecule has 4 heterocycles. The highest BCUT2D eigenvalue weighted by molar-refractivity contribution is 5.91. The number of rotatable bonds is 4. The van der Waals surface area contributed by atoms with Gasteiger partial charge in [-0.15, -0.1) is 0 Å². The Hall–Kier alpha value is -1.83. The zero-order valence-corrected chi connectivity index (χ0v) is 21.3. The smallest absolute Gasteiger partial charge is 0.152 e. The van der Waals surface area contributed by atoms with Crippen LogP contribution in [0.3, 0.4) is 0 Å². The summed E-state index contributed by atoms with van der Waals surface area (Å²) in [5, 5.41) is 8.08. The average Bonchev–Trinajstić information content (AvgIpc) is 3.59. The predicted octanol–water partition coefficient (Wildman–Crippen LogP) is 3.83. The van der Waals surface area contributed by atoms with Crippen LogP contribution in [-0.4, -0.2) is 71.5 Å². The first-order chi connectivity index (χ1) is 16.0. The molecule has 1 N–H and O–H groups in total. The Bertz CT molecular complexity index is 992. The molecule has 3 fully saturated rings. The average molecular weight is 456 g/mol. The highest BCUT2D eigenvalue weighted by atomic mass is 16.5. The number of nitrogens with zero attached hydrogens (tertiary/aromatic N) is 5. The van der Waals surface area contributed by atoms with Gasteiger partial charge >= 0.3 is 0 Å². The number of anilines is 1. The number of hydrogen-bond acceptors (Lipinski definition) is 7. The minimum atomic E-state index is -0.0533. The van der Waals surface area contributed by atoms with Crippen LogP contribution in [0.4, 0.5) is 5.82 Å². The lowest BCUT2D eigenvalue weighted by atomic mass is 9.78. The van der Waals surface area contributed by atoms with E-state index in [-0.39, 0.29) is 5.54 Å². The molecule has 2 aromatic rings. The number of likely N-dealkylation sites (tertiary alicyclic amines) is 1. The van der Waals surface area contributed by atoms with Crippen molar-refractivity contribution >= 4 is 16.7 Å². The lowest BCUT2D eigenvalue weighted by Crippen LogP contribution is -2.47. The molecule has 1 saturated carbocycles. The second kappa shape index (κ2) is 9.43. The Morgan fingerprint density at radius 1 is 1.12 bits per heavy atom. The number of pyridine rings is 1. The first kappa shape index (κ1) is 24.3. The van der Waals surface area contributed by atoms with Crippen molar-refractivity contribution in [2.24, 2.45) is 11.3 Å². The molecular weight excluding hydrogens is 414 g/mol. The van der Waals surface area contributed by atoms with Gasteiger partial charge < -0.3 is 14.7 Å². The van der Waals surface area contributed by atoms with Crippen molar-refractivity contribution < 1.29 is 9.84 Å². The van der Waals surface area contributed by atoms with E-state index in [9.17, 15) is 0 Å². The standard InChI is InChI=1S/C25H37N5O.CH4O/c1-6-25(24(8-9-24)10-11-30(25)7-2)23-27-21-18(4)19(5)26-14-20(21)22(28-23)29-12-13-31-16-17(3)15-29;1-2/h14,17H,6-13,15-16H2,1-5H3;2H,1H3. The van der Waals surface area contributed by atoms with Crippen molar-refractivity contribution in [2.45, 2.75) is 65.8 Å². The summed E-state index contributed by atoms with van der Waals surface area (Å²) in [7, 11) is 1.00. The summed E-state index contributed by atoms with van der Waals surface area (Å²) in [6.45, 7) is 16.7. The van der Waals surface area contributed by atoms with Gasteiger partial charge in [-0.2, -0.15) is 0 Å². The molecule has 2 atom stereocenters. The van der Waals surface area contributed by atoms with Gasteiger partial charge in [0.15, 0.2) is 5.82 Å². The molecule has 0 bridgehead atoms. The Balaban J connectivity index is 0.00000126. The fourth-order valence-corrected chi connectivity index (χ4v) is 6.35. The van der Waals surface area contributed by atoms with Gasteiger partial charge in [-0.25, -0.2) is 9.97 Å². The predicted molar refractivity (Wildman–Crippen MR) is 133 cm³/mol. The first-order valence-corrected chi connectivity index (χ1v) is 12.6. The van der Waals surface area contributed by atoms with E-state index in [4.69, 9.17) is 24.8 Å². The summed E-state index contributed by atoms with van der Waals surface area (Å²) >= 11 is 0. The van der Waals surface area contributed by atoms with E-state index in [1.54, 1.807) is 0 Å². The number of aliphatic hydroxyl groups is 1. The molecule has 0 aromatic carbocycles. The lowest BCUT2D eigenvalue weighted by molar-refractivity contribution is 0.0769. The van der Waals surface area contributed by atoms with Crippen LogP contribution in [0.5, 0.6) is 0 Å². The third kappa shape index (κ3) is 3.82. The number of aromatic nitrogens is 3. The van der Waals surface area contributed by atoms with Gasteiger partial charge in [-0.3, -0.25) is 9.88 Å². The highest BCUT2D eigenvalue weighted by Gasteiger charge is 2.66. The fourth-order valence-electron chi connectivity index (χ4n) is 6.35. The van der Waals surface area contributed by atoms with Crippen LogP contribution in [0.1, 0.15) is 63.5 Å². The minimum Gasteiger partial charge on any atom is -0.400 e. The maximum absolute atomic E-state index is 7.00. The van der Waals surface area contributed by atoms with Crippen LogP contribution in [0.2, 0.25) is 0 Å². The summed E-state index contributed by atoms with van der Waals surface area (Å²) < 4.78 is 5.85. The molecule has 2 aromatic heterocycles. The molecule has 1 spiro atoms. The summed E-state index contributed by atoms with van der Waals surface area (Å²) in [4.78, 5) is 20.5. The molecule has 0 amide bonds. The normalized spacial score (nSPS) is 26.9. The molecule has 0 radical (unpaired) electrons. The monoisotopic (exact) mass is 455 g/mol. The van der Waals surface area contributed by atoms with Crippen molar-refractivity contribution in [3.8, 4) is 0 Å². The quantitative estimate of drug-likeness (QED) is 0.751.